The molecule has 3 N–H and O–H groups in total. The number of nitriles is 1. The maximum absolute atomic E-state index is 13.5. The molecular weight excluding hydrogens is 511 g/mol. The van der Waals surface area contributed by atoms with E-state index in [1.54, 1.807) is 56.3 Å². The molecule has 1 fully saturated rings. The quantitative estimate of drug-likeness (QED) is 0.592. The van der Waals surface area contributed by atoms with Gasteiger partial charge in [0.25, 0.3) is 0 Å². The second kappa shape index (κ2) is 9.59. The molecule has 0 saturated heterocycles. The zero-order valence-corrected chi connectivity index (χ0v) is 21.4. The number of fused-ring (bicyclic) bond motifs is 1. The van der Waals surface area contributed by atoms with Gasteiger partial charge in [0.2, 0.25) is 11.8 Å². The fourth-order valence-corrected chi connectivity index (χ4v) is 5.53. The molecule has 0 unspecified atom stereocenters. The monoisotopic (exact) mass is 539 g/mol. The van der Waals surface area contributed by atoms with Crippen LogP contribution in [0.1, 0.15) is 61.9 Å². The van der Waals surface area contributed by atoms with E-state index in [0.717, 1.165) is 0 Å². The number of benzene rings is 2. The molecule has 0 radical (unpaired) electrons. The van der Waals surface area contributed by atoms with Crippen molar-refractivity contribution in [2.75, 3.05) is 0 Å². The van der Waals surface area contributed by atoms with E-state index < -0.39 is 48.1 Å². The molecule has 0 aromatic heterocycles. The van der Waals surface area contributed by atoms with Gasteiger partial charge in [0, 0.05) is 17.9 Å². The number of carbonyl (C=O) groups is 2. The van der Waals surface area contributed by atoms with Crippen LogP contribution in [0.2, 0.25) is 0 Å². The summed E-state index contributed by atoms with van der Waals surface area (Å²) in [6.07, 6.45) is -6.53. The van der Waals surface area contributed by atoms with Gasteiger partial charge in [-0.05, 0) is 49.9 Å². The van der Waals surface area contributed by atoms with Crippen molar-refractivity contribution in [3.05, 3.63) is 65.2 Å². The maximum atomic E-state index is 13.5. The van der Waals surface area contributed by atoms with E-state index in [-0.39, 0.29) is 30.0 Å². The van der Waals surface area contributed by atoms with Crippen LogP contribution in [0.3, 0.4) is 0 Å². The van der Waals surface area contributed by atoms with Crippen LogP contribution >= 0.6 is 0 Å². The summed E-state index contributed by atoms with van der Waals surface area (Å²) in [6, 6.07) is 13.6. The highest BCUT2D eigenvalue weighted by Crippen LogP contribution is 2.52. The molecule has 204 valence electrons. The number of guanidine groups is 1. The van der Waals surface area contributed by atoms with Gasteiger partial charge >= 0.3 is 6.18 Å². The SMILES string of the molecule is CC1(C)CC(=O)N([C@H](c2ccc(C#N)cc2)[C@@H]2C[C@H]2C(=O)N[C@H]2C[C@H](C(F)(F)F)Oc3ccccc32)C(N)=N1. The van der Waals surface area contributed by atoms with Gasteiger partial charge in [-0.2, -0.15) is 18.4 Å². The van der Waals surface area contributed by atoms with E-state index in [1.807, 2.05) is 0 Å². The Labute approximate surface area is 223 Å². The average Bonchev–Trinajstić information content (AvgIpc) is 3.66. The van der Waals surface area contributed by atoms with Crippen LogP contribution in [0.5, 0.6) is 5.75 Å². The van der Waals surface area contributed by atoms with Gasteiger partial charge in [0.1, 0.15) is 5.75 Å². The Kier molecular flexibility index (Phi) is 6.53. The molecule has 2 aromatic rings. The van der Waals surface area contributed by atoms with Gasteiger partial charge in [-0.25, -0.2) is 4.99 Å². The van der Waals surface area contributed by atoms with Crippen LogP contribution in [0.25, 0.3) is 0 Å². The van der Waals surface area contributed by atoms with Crippen molar-refractivity contribution in [3.8, 4) is 11.8 Å². The lowest BCUT2D eigenvalue weighted by molar-refractivity contribution is -0.201. The molecule has 3 aliphatic rings. The highest BCUT2D eigenvalue weighted by molar-refractivity contribution is 5.99. The number of hydrogen-bond acceptors (Lipinski definition) is 6. The summed E-state index contributed by atoms with van der Waals surface area (Å²) >= 11 is 0. The Morgan fingerprint density at radius 2 is 1.90 bits per heavy atom. The van der Waals surface area contributed by atoms with Gasteiger partial charge in [0.15, 0.2) is 12.1 Å². The number of nitrogens with zero attached hydrogens (tertiary/aromatic N) is 3. The number of para-hydroxylation sites is 1. The van der Waals surface area contributed by atoms with Gasteiger partial charge in [-0.3, -0.25) is 14.5 Å². The smallest absolute Gasteiger partial charge is 0.425 e. The molecule has 5 atom stereocenters. The molecule has 0 bridgehead atoms. The van der Waals surface area contributed by atoms with Gasteiger partial charge in [-0.1, -0.05) is 30.3 Å². The number of nitrogens with one attached hydrogen (secondary N) is 1. The normalized spacial score (nSPS) is 26.4. The van der Waals surface area contributed by atoms with Crippen LogP contribution in [0.4, 0.5) is 13.2 Å². The average molecular weight is 540 g/mol. The largest absolute Gasteiger partial charge is 0.480 e. The minimum atomic E-state index is -4.58. The standard InChI is InChI=1S/C28H28F3N5O3/c1-27(2)13-23(37)36(26(33)35-27)24(16-9-7-15(14-32)8-10-16)18-11-19(18)25(38)34-20-12-22(28(29,30)31)39-21-6-4-3-5-17(20)21/h3-10,18-20,22,24H,11-13H2,1-2H3,(H2,33,35)(H,34,38)/t18-,19-,20+,22-,24-/m1/s1. The molecule has 5 rings (SSSR count). The Morgan fingerprint density at radius 3 is 2.54 bits per heavy atom. The Bertz CT molecular complexity index is 1370. The zero-order chi connectivity index (χ0) is 28.1. The van der Waals surface area contributed by atoms with Crippen LogP contribution in [-0.2, 0) is 9.59 Å². The molecule has 39 heavy (non-hydrogen) atoms. The molecule has 8 nitrogen and oxygen atoms in total. The predicted octanol–water partition coefficient (Wildman–Crippen LogP) is 4.13. The third-order valence-corrected chi connectivity index (χ3v) is 7.45. The highest BCUT2D eigenvalue weighted by atomic mass is 19.4. The highest BCUT2D eigenvalue weighted by Gasteiger charge is 2.54. The van der Waals surface area contributed by atoms with Gasteiger partial charge in [-0.15, -0.1) is 0 Å². The zero-order valence-electron chi connectivity index (χ0n) is 21.4. The minimum absolute atomic E-state index is 0.0445. The Morgan fingerprint density at radius 1 is 1.21 bits per heavy atom. The molecule has 11 heteroatoms. The van der Waals surface area contributed by atoms with Crippen LogP contribution in [0.15, 0.2) is 53.5 Å². The number of alkyl halides is 3. The van der Waals surface area contributed by atoms with Crippen LogP contribution in [0, 0.1) is 23.2 Å². The van der Waals surface area contributed by atoms with Gasteiger partial charge < -0.3 is 15.8 Å². The molecule has 1 aliphatic carbocycles. The number of hydrogen-bond donors (Lipinski definition) is 2. The van der Waals surface area contributed by atoms with E-state index in [4.69, 9.17) is 10.5 Å². The number of rotatable bonds is 5. The number of amides is 2. The Balaban J connectivity index is 1.41. The third-order valence-electron chi connectivity index (χ3n) is 7.45. The fourth-order valence-electron chi connectivity index (χ4n) is 5.53. The van der Waals surface area contributed by atoms with E-state index in [9.17, 15) is 28.0 Å². The summed E-state index contributed by atoms with van der Waals surface area (Å²) in [4.78, 5) is 32.5. The van der Waals surface area contributed by atoms with Crippen molar-refractivity contribution < 1.29 is 27.5 Å². The fraction of sp³-hybridized carbons (Fsp3) is 0.429. The topological polar surface area (TPSA) is 121 Å². The molecule has 2 heterocycles. The molecule has 2 aliphatic heterocycles. The van der Waals surface area contributed by atoms with Crippen molar-refractivity contribution in [2.45, 2.75) is 63.0 Å². The van der Waals surface area contributed by atoms with Crippen LogP contribution in [-0.4, -0.2) is 40.5 Å². The number of halogens is 3. The van der Waals surface area contributed by atoms with E-state index in [0.29, 0.717) is 23.1 Å². The molecule has 2 amide bonds. The van der Waals surface area contributed by atoms with Crippen molar-refractivity contribution >= 4 is 17.8 Å². The number of carbonyl (C=O) groups excluding carboxylic acids is 2. The van der Waals surface area contributed by atoms with Gasteiger partial charge in [0.05, 0.1) is 35.7 Å². The first-order valence-corrected chi connectivity index (χ1v) is 12.7. The summed E-state index contributed by atoms with van der Waals surface area (Å²) in [5.74, 6) is -1.40. The van der Waals surface area contributed by atoms with Crippen LogP contribution < -0.4 is 15.8 Å². The molecule has 1 saturated carbocycles. The second-order valence-electron chi connectivity index (χ2n) is 10.9. The lowest BCUT2D eigenvalue weighted by Crippen LogP contribution is -2.52. The predicted molar refractivity (Wildman–Crippen MR) is 135 cm³/mol. The second-order valence-corrected chi connectivity index (χ2v) is 10.9. The first-order valence-electron chi connectivity index (χ1n) is 12.7. The summed E-state index contributed by atoms with van der Waals surface area (Å²) in [6.45, 7) is 3.61. The third kappa shape index (κ3) is 5.28. The summed E-state index contributed by atoms with van der Waals surface area (Å²) in [5, 5.41) is 12.0. The van der Waals surface area contributed by atoms with Crippen molar-refractivity contribution in [1.29, 1.82) is 5.26 Å². The maximum Gasteiger partial charge on any atom is 0.425 e. The number of ether oxygens (including phenoxy) is 1. The summed E-state index contributed by atoms with van der Waals surface area (Å²) in [5.41, 5.74) is 7.21. The molecular formula is C28H28F3N5O3. The van der Waals surface area contributed by atoms with E-state index in [2.05, 4.69) is 16.4 Å². The molecule has 2 aromatic carbocycles. The lowest BCUT2D eigenvalue weighted by Gasteiger charge is -2.38. The number of aliphatic imine (C=N–C) groups is 1. The summed E-state index contributed by atoms with van der Waals surface area (Å²) < 4.78 is 45.8. The Hall–Kier alpha value is -4.07. The van der Waals surface area contributed by atoms with Crippen molar-refractivity contribution in [3.63, 3.8) is 0 Å². The van der Waals surface area contributed by atoms with E-state index >= 15 is 0 Å². The first kappa shape index (κ1) is 26.5. The van der Waals surface area contributed by atoms with E-state index in [1.165, 1.54) is 11.0 Å². The van der Waals surface area contributed by atoms with Crippen molar-refractivity contribution in [2.24, 2.45) is 22.6 Å². The lowest BCUT2D eigenvalue weighted by atomic mass is 9.93. The number of nitrogens with two attached hydrogens (primary N) is 1. The molecule has 0 spiro atoms. The first-order chi connectivity index (χ1) is 18.4. The van der Waals surface area contributed by atoms with Crippen molar-refractivity contribution in [1.82, 2.24) is 10.2 Å². The summed E-state index contributed by atoms with van der Waals surface area (Å²) in [7, 11) is 0. The minimum Gasteiger partial charge on any atom is -0.480 e.